The van der Waals surface area contributed by atoms with Crippen molar-refractivity contribution in [3.63, 3.8) is 0 Å². The fourth-order valence-corrected chi connectivity index (χ4v) is 4.68. The van der Waals surface area contributed by atoms with Gasteiger partial charge in [-0.25, -0.2) is 8.42 Å². The monoisotopic (exact) mass is 316 g/mol. The number of sulfonamides is 1. The minimum absolute atomic E-state index is 0.111. The van der Waals surface area contributed by atoms with Gasteiger partial charge in [0.1, 0.15) is 0 Å². The standard InChI is InChI=1S/C17H20N2O2S/c1-13-5-7-15(8-6-13)22(20,21)19-11-3-4-17(19)16-12-18-10-9-14(16)2/h5-10,12,17H,3-4,11H2,1-2H3/t17-/m1/s1. The van der Waals surface area contributed by atoms with Crippen LogP contribution in [0.3, 0.4) is 0 Å². The molecule has 22 heavy (non-hydrogen) atoms. The van der Waals surface area contributed by atoms with Gasteiger partial charge in [0.05, 0.1) is 10.9 Å². The molecule has 0 radical (unpaired) electrons. The highest BCUT2D eigenvalue weighted by atomic mass is 32.2. The number of aryl methyl sites for hydroxylation is 2. The number of hydrogen-bond acceptors (Lipinski definition) is 3. The SMILES string of the molecule is Cc1ccc(S(=O)(=O)N2CCC[C@@H]2c2cnccc2C)cc1. The lowest BCUT2D eigenvalue weighted by atomic mass is 10.0. The van der Waals surface area contributed by atoms with E-state index in [2.05, 4.69) is 4.98 Å². The highest BCUT2D eigenvalue weighted by Gasteiger charge is 2.36. The van der Waals surface area contributed by atoms with Crippen LogP contribution in [-0.4, -0.2) is 24.3 Å². The summed E-state index contributed by atoms with van der Waals surface area (Å²) in [6, 6.07) is 8.89. The fraction of sp³-hybridized carbons (Fsp3) is 0.353. The quantitative estimate of drug-likeness (QED) is 0.873. The first-order valence-electron chi connectivity index (χ1n) is 7.49. The van der Waals surface area contributed by atoms with Crippen LogP contribution in [0.1, 0.15) is 35.6 Å². The van der Waals surface area contributed by atoms with Crippen molar-refractivity contribution in [3.8, 4) is 0 Å². The molecule has 0 spiro atoms. The topological polar surface area (TPSA) is 50.3 Å². The van der Waals surface area contributed by atoms with Crippen LogP contribution >= 0.6 is 0 Å². The Morgan fingerprint density at radius 2 is 1.86 bits per heavy atom. The van der Waals surface area contributed by atoms with Crippen LogP contribution < -0.4 is 0 Å². The Morgan fingerprint density at radius 3 is 2.55 bits per heavy atom. The van der Waals surface area contributed by atoms with Gasteiger partial charge in [-0.3, -0.25) is 4.98 Å². The van der Waals surface area contributed by atoms with Gasteiger partial charge < -0.3 is 0 Å². The molecule has 1 aromatic carbocycles. The van der Waals surface area contributed by atoms with E-state index in [9.17, 15) is 8.42 Å². The summed E-state index contributed by atoms with van der Waals surface area (Å²) in [4.78, 5) is 4.54. The molecule has 0 saturated carbocycles. The molecule has 116 valence electrons. The van der Waals surface area contributed by atoms with Crippen molar-refractivity contribution in [2.75, 3.05) is 6.54 Å². The number of pyridine rings is 1. The first kappa shape index (κ1) is 15.2. The van der Waals surface area contributed by atoms with Crippen LogP contribution in [0.25, 0.3) is 0 Å². The van der Waals surface area contributed by atoms with Crippen molar-refractivity contribution in [2.24, 2.45) is 0 Å². The zero-order chi connectivity index (χ0) is 15.7. The normalized spacial score (nSPS) is 19.5. The molecule has 1 aliphatic heterocycles. The minimum atomic E-state index is -3.46. The molecule has 4 nitrogen and oxygen atoms in total. The van der Waals surface area contributed by atoms with Crippen molar-refractivity contribution < 1.29 is 8.42 Å². The van der Waals surface area contributed by atoms with Crippen LogP contribution in [0.15, 0.2) is 47.6 Å². The second-order valence-electron chi connectivity index (χ2n) is 5.82. The maximum atomic E-state index is 12.9. The second-order valence-corrected chi connectivity index (χ2v) is 7.71. The molecule has 2 aromatic rings. The zero-order valence-electron chi connectivity index (χ0n) is 12.9. The van der Waals surface area contributed by atoms with Crippen molar-refractivity contribution in [2.45, 2.75) is 37.6 Å². The molecule has 1 saturated heterocycles. The van der Waals surface area contributed by atoms with E-state index in [1.807, 2.05) is 32.0 Å². The lowest BCUT2D eigenvalue weighted by molar-refractivity contribution is 0.395. The molecular weight excluding hydrogens is 296 g/mol. The summed E-state index contributed by atoms with van der Waals surface area (Å²) in [6.45, 7) is 4.52. The average molecular weight is 316 g/mol. The number of benzene rings is 1. The Labute approximate surface area is 131 Å². The summed E-state index contributed by atoms with van der Waals surface area (Å²) in [5, 5.41) is 0. The van der Waals surface area contributed by atoms with Gasteiger partial charge in [-0.2, -0.15) is 4.31 Å². The van der Waals surface area contributed by atoms with Crippen LogP contribution in [0.5, 0.6) is 0 Å². The van der Waals surface area contributed by atoms with Crippen LogP contribution in [0.4, 0.5) is 0 Å². The number of rotatable bonds is 3. The molecule has 2 heterocycles. The summed E-state index contributed by atoms with van der Waals surface area (Å²) in [5.74, 6) is 0. The Balaban J connectivity index is 1.99. The molecule has 1 atom stereocenters. The zero-order valence-corrected chi connectivity index (χ0v) is 13.7. The molecule has 1 aromatic heterocycles. The Kier molecular flexibility index (Phi) is 4.02. The van der Waals surface area contributed by atoms with Gasteiger partial charge in [0.25, 0.3) is 0 Å². The maximum Gasteiger partial charge on any atom is 0.243 e. The lowest BCUT2D eigenvalue weighted by Crippen LogP contribution is -2.31. The van der Waals surface area contributed by atoms with E-state index < -0.39 is 10.0 Å². The molecule has 0 N–H and O–H groups in total. The van der Waals surface area contributed by atoms with Crippen LogP contribution in [0.2, 0.25) is 0 Å². The van der Waals surface area contributed by atoms with Gasteiger partial charge in [0.2, 0.25) is 10.0 Å². The molecule has 0 bridgehead atoms. The summed E-state index contributed by atoms with van der Waals surface area (Å²) in [6.07, 6.45) is 5.26. The average Bonchev–Trinajstić information content (AvgIpc) is 2.98. The largest absolute Gasteiger partial charge is 0.264 e. The first-order valence-corrected chi connectivity index (χ1v) is 8.93. The summed E-state index contributed by atoms with van der Waals surface area (Å²) < 4.78 is 27.5. The van der Waals surface area contributed by atoms with Gasteiger partial charge in [-0.05, 0) is 56.0 Å². The molecule has 3 rings (SSSR count). The molecule has 1 aliphatic rings. The maximum absolute atomic E-state index is 12.9. The van der Waals surface area contributed by atoms with Crippen molar-refractivity contribution in [3.05, 3.63) is 59.4 Å². The number of nitrogens with zero attached hydrogens (tertiary/aromatic N) is 2. The van der Waals surface area contributed by atoms with E-state index in [4.69, 9.17) is 0 Å². The van der Waals surface area contributed by atoms with Gasteiger partial charge in [-0.15, -0.1) is 0 Å². The molecule has 1 fully saturated rings. The van der Waals surface area contributed by atoms with Crippen LogP contribution in [-0.2, 0) is 10.0 Å². The first-order chi connectivity index (χ1) is 10.5. The van der Waals surface area contributed by atoms with Crippen molar-refractivity contribution in [1.82, 2.24) is 9.29 Å². The molecule has 0 amide bonds. The van der Waals surface area contributed by atoms with Gasteiger partial charge >= 0.3 is 0 Å². The molecule has 5 heteroatoms. The third-order valence-corrected chi connectivity index (χ3v) is 6.19. The smallest absolute Gasteiger partial charge is 0.243 e. The Hall–Kier alpha value is -1.72. The number of hydrogen-bond donors (Lipinski definition) is 0. The predicted molar refractivity (Wildman–Crippen MR) is 86.0 cm³/mol. The van der Waals surface area contributed by atoms with E-state index >= 15 is 0 Å². The highest BCUT2D eigenvalue weighted by Crippen LogP contribution is 2.37. The van der Waals surface area contributed by atoms with Gasteiger partial charge in [0, 0.05) is 18.9 Å². The highest BCUT2D eigenvalue weighted by molar-refractivity contribution is 7.89. The molecule has 0 aliphatic carbocycles. The fourth-order valence-electron chi connectivity index (χ4n) is 3.01. The van der Waals surface area contributed by atoms with Gasteiger partial charge in [0.15, 0.2) is 0 Å². The van der Waals surface area contributed by atoms with E-state index in [1.165, 1.54) is 0 Å². The number of aromatic nitrogens is 1. The van der Waals surface area contributed by atoms with Crippen molar-refractivity contribution in [1.29, 1.82) is 0 Å². The molecule has 0 unspecified atom stereocenters. The Morgan fingerprint density at radius 1 is 1.14 bits per heavy atom. The molecular formula is C17H20N2O2S. The van der Waals surface area contributed by atoms with Gasteiger partial charge in [-0.1, -0.05) is 17.7 Å². The van der Waals surface area contributed by atoms with Crippen LogP contribution in [0, 0.1) is 13.8 Å². The third-order valence-electron chi connectivity index (χ3n) is 4.27. The van der Waals surface area contributed by atoms with E-state index in [0.717, 1.165) is 29.5 Å². The second kappa shape index (κ2) is 5.82. The predicted octanol–water partition coefficient (Wildman–Crippen LogP) is 3.22. The third kappa shape index (κ3) is 2.66. The summed E-state index contributed by atoms with van der Waals surface area (Å²) in [7, 11) is -3.46. The summed E-state index contributed by atoms with van der Waals surface area (Å²) in [5.41, 5.74) is 3.15. The lowest BCUT2D eigenvalue weighted by Gasteiger charge is -2.25. The minimum Gasteiger partial charge on any atom is -0.264 e. The van der Waals surface area contributed by atoms with E-state index in [1.54, 1.807) is 28.8 Å². The van der Waals surface area contributed by atoms with Crippen molar-refractivity contribution >= 4 is 10.0 Å². The Bertz CT molecular complexity index is 770. The summed E-state index contributed by atoms with van der Waals surface area (Å²) >= 11 is 0. The van der Waals surface area contributed by atoms with E-state index in [-0.39, 0.29) is 6.04 Å². The van der Waals surface area contributed by atoms with E-state index in [0.29, 0.717) is 11.4 Å².